The van der Waals surface area contributed by atoms with Crippen molar-refractivity contribution >= 4 is 29.9 Å². The number of hydrogen-bond acceptors (Lipinski definition) is 3. The van der Waals surface area contributed by atoms with E-state index in [1.165, 1.54) is 5.56 Å². The first kappa shape index (κ1) is 15.6. The minimum absolute atomic E-state index is 0. The van der Waals surface area contributed by atoms with Crippen molar-refractivity contribution in [3.8, 4) is 0 Å². The third-order valence-corrected chi connectivity index (χ3v) is 4.11. The SMILES string of the molecule is Cl.Nc1ccc2c(c1)CCCC2NC(=O)C1CCC(=O)N1. The Morgan fingerprint density at radius 2 is 2.10 bits per heavy atom. The van der Waals surface area contributed by atoms with E-state index in [0.29, 0.717) is 12.8 Å². The molecule has 114 valence electrons. The van der Waals surface area contributed by atoms with Gasteiger partial charge in [0.1, 0.15) is 6.04 Å². The number of anilines is 1. The lowest BCUT2D eigenvalue weighted by Gasteiger charge is -2.27. The van der Waals surface area contributed by atoms with Crippen LogP contribution in [0.4, 0.5) is 5.69 Å². The number of aryl methyl sites for hydroxylation is 1. The molecule has 1 aromatic rings. The fourth-order valence-electron chi connectivity index (χ4n) is 3.07. The van der Waals surface area contributed by atoms with E-state index in [2.05, 4.69) is 10.6 Å². The Bertz CT molecular complexity index is 562. The summed E-state index contributed by atoms with van der Waals surface area (Å²) in [7, 11) is 0. The number of carbonyl (C=O) groups is 2. The van der Waals surface area contributed by atoms with Gasteiger partial charge in [-0.3, -0.25) is 9.59 Å². The first-order valence-corrected chi connectivity index (χ1v) is 7.11. The minimum Gasteiger partial charge on any atom is -0.399 e. The second-order valence-corrected chi connectivity index (χ2v) is 5.57. The van der Waals surface area contributed by atoms with E-state index in [1.54, 1.807) is 0 Å². The van der Waals surface area contributed by atoms with Crippen LogP contribution in [0.1, 0.15) is 42.9 Å². The van der Waals surface area contributed by atoms with E-state index in [0.717, 1.165) is 30.5 Å². The third-order valence-electron chi connectivity index (χ3n) is 4.11. The van der Waals surface area contributed by atoms with Crippen LogP contribution in [0.2, 0.25) is 0 Å². The number of halogens is 1. The van der Waals surface area contributed by atoms with Gasteiger partial charge in [-0.1, -0.05) is 6.07 Å². The van der Waals surface area contributed by atoms with Gasteiger partial charge < -0.3 is 16.4 Å². The van der Waals surface area contributed by atoms with Gasteiger partial charge in [-0.25, -0.2) is 0 Å². The van der Waals surface area contributed by atoms with Crippen LogP contribution in [0.25, 0.3) is 0 Å². The Morgan fingerprint density at radius 3 is 2.81 bits per heavy atom. The Kier molecular flexibility index (Phi) is 4.73. The number of nitrogen functional groups attached to an aromatic ring is 1. The molecule has 1 heterocycles. The predicted octanol–water partition coefficient (Wildman–Crippen LogP) is 1.46. The van der Waals surface area contributed by atoms with Gasteiger partial charge in [0.05, 0.1) is 6.04 Å². The lowest BCUT2D eigenvalue weighted by molar-refractivity contribution is -0.126. The molecule has 6 heteroatoms. The molecule has 0 spiro atoms. The topological polar surface area (TPSA) is 84.2 Å². The summed E-state index contributed by atoms with van der Waals surface area (Å²) in [5.41, 5.74) is 8.95. The van der Waals surface area contributed by atoms with Gasteiger partial charge in [-0.05, 0) is 48.9 Å². The van der Waals surface area contributed by atoms with Crippen LogP contribution in [0.3, 0.4) is 0 Å². The maximum absolute atomic E-state index is 12.2. The highest BCUT2D eigenvalue weighted by Gasteiger charge is 2.30. The van der Waals surface area contributed by atoms with E-state index < -0.39 is 0 Å². The molecule has 4 N–H and O–H groups in total. The fourth-order valence-corrected chi connectivity index (χ4v) is 3.07. The molecule has 0 radical (unpaired) electrons. The lowest BCUT2D eigenvalue weighted by Crippen LogP contribution is -2.43. The molecule has 0 aromatic heterocycles. The molecule has 2 unspecified atom stereocenters. The molecule has 21 heavy (non-hydrogen) atoms. The third kappa shape index (κ3) is 3.29. The molecule has 0 saturated carbocycles. The van der Waals surface area contributed by atoms with Crippen LogP contribution in [0, 0.1) is 0 Å². The zero-order chi connectivity index (χ0) is 14.1. The van der Waals surface area contributed by atoms with E-state index in [9.17, 15) is 9.59 Å². The fraction of sp³-hybridized carbons (Fsp3) is 0.467. The normalized spacial score (nSPS) is 23.7. The predicted molar refractivity (Wildman–Crippen MR) is 83.1 cm³/mol. The van der Waals surface area contributed by atoms with Crippen molar-refractivity contribution in [2.75, 3.05) is 5.73 Å². The highest BCUT2D eigenvalue weighted by molar-refractivity contribution is 5.91. The van der Waals surface area contributed by atoms with Crippen LogP contribution in [-0.4, -0.2) is 17.9 Å². The quantitative estimate of drug-likeness (QED) is 0.723. The number of amides is 2. The van der Waals surface area contributed by atoms with Gasteiger partial charge in [0.2, 0.25) is 11.8 Å². The Labute approximate surface area is 130 Å². The molecule has 3 rings (SSSR count). The summed E-state index contributed by atoms with van der Waals surface area (Å²) in [6, 6.07) is 5.53. The summed E-state index contributed by atoms with van der Waals surface area (Å²) in [4.78, 5) is 23.4. The zero-order valence-electron chi connectivity index (χ0n) is 11.7. The smallest absolute Gasteiger partial charge is 0.243 e. The van der Waals surface area contributed by atoms with Gasteiger partial charge in [0, 0.05) is 12.1 Å². The number of hydrogen-bond donors (Lipinski definition) is 3. The highest BCUT2D eigenvalue weighted by atomic mass is 35.5. The summed E-state index contributed by atoms with van der Waals surface area (Å²) in [6.45, 7) is 0. The first-order chi connectivity index (χ1) is 9.63. The molecule has 1 aliphatic heterocycles. The number of rotatable bonds is 2. The molecule has 2 amide bonds. The highest BCUT2D eigenvalue weighted by Crippen LogP contribution is 2.31. The first-order valence-electron chi connectivity index (χ1n) is 7.11. The van der Waals surface area contributed by atoms with Gasteiger partial charge in [0.15, 0.2) is 0 Å². The summed E-state index contributed by atoms with van der Waals surface area (Å²) in [5.74, 6) is -0.118. The second kappa shape index (κ2) is 6.35. The minimum atomic E-state index is -0.373. The van der Waals surface area contributed by atoms with Gasteiger partial charge in [0.25, 0.3) is 0 Å². The molecule has 1 saturated heterocycles. The summed E-state index contributed by atoms with van der Waals surface area (Å²) >= 11 is 0. The molecule has 5 nitrogen and oxygen atoms in total. The molecule has 2 aliphatic rings. The largest absolute Gasteiger partial charge is 0.399 e. The van der Waals surface area contributed by atoms with Crippen molar-refractivity contribution < 1.29 is 9.59 Å². The summed E-state index contributed by atoms with van der Waals surface area (Å²) < 4.78 is 0. The standard InChI is InChI=1S/C15H19N3O2.ClH/c16-10-4-5-11-9(8-10)2-1-3-12(11)18-15(20)13-6-7-14(19)17-13;/h4-5,8,12-13H,1-3,6-7,16H2,(H,17,19)(H,18,20);1H. The van der Waals surface area contributed by atoms with Crippen LogP contribution in [0.5, 0.6) is 0 Å². The van der Waals surface area contributed by atoms with Crippen molar-refractivity contribution in [2.24, 2.45) is 0 Å². The number of nitrogens with one attached hydrogen (secondary N) is 2. The zero-order valence-corrected chi connectivity index (χ0v) is 12.5. The monoisotopic (exact) mass is 309 g/mol. The maximum Gasteiger partial charge on any atom is 0.243 e. The van der Waals surface area contributed by atoms with Crippen molar-refractivity contribution in [2.45, 2.75) is 44.2 Å². The van der Waals surface area contributed by atoms with Crippen molar-refractivity contribution in [3.05, 3.63) is 29.3 Å². The van der Waals surface area contributed by atoms with Gasteiger partial charge >= 0.3 is 0 Å². The van der Waals surface area contributed by atoms with Crippen molar-refractivity contribution in [1.29, 1.82) is 0 Å². The summed E-state index contributed by atoms with van der Waals surface area (Å²) in [5, 5.41) is 5.77. The number of fused-ring (bicyclic) bond motifs is 1. The lowest BCUT2D eigenvalue weighted by atomic mass is 9.87. The van der Waals surface area contributed by atoms with Crippen LogP contribution in [-0.2, 0) is 16.0 Å². The van der Waals surface area contributed by atoms with E-state index in [4.69, 9.17) is 5.73 Å². The molecule has 1 aromatic carbocycles. The van der Waals surface area contributed by atoms with Crippen molar-refractivity contribution in [1.82, 2.24) is 10.6 Å². The molecule has 1 fully saturated rings. The average molecular weight is 310 g/mol. The van der Waals surface area contributed by atoms with Crippen LogP contribution in [0.15, 0.2) is 18.2 Å². The summed E-state index contributed by atoms with van der Waals surface area (Å²) in [6.07, 6.45) is 4.01. The molecular weight excluding hydrogens is 290 g/mol. The number of nitrogens with two attached hydrogens (primary N) is 1. The molecule has 0 bridgehead atoms. The van der Waals surface area contributed by atoms with Crippen LogP contribution < -0.4 is 16.4 Å². The van der Waals surface area contributed by atoms with Gasteiger partial charge in [-0.2, -0.15) is 0 Å². The van der Waals surface area contributed by atoms with Crippen molar-refractivity contribution in [3.63, 3.8) is 0 Å². The van der Waals surface area contributed by atoms with E-state index in [-0.39, 0.29) is 36.3 Å². The average Bonchev–Trinajstić information content (AvgIpc) is 2.85. The van der Waals surface area contributed by atoms with E-state index >= 15 is 0 Å². The molecule has 2 atom stereocenters. The van der Waals surface area contributed by atoms with E-state index in [1.807, 2.05) is 18.2 Å². The Hall–Kier alpha value is -1.75. The van der Waals surface area contributed by atoms with Crippen LogP contribution >= 0.6 is 12.4 Å². The number of carbonyl (C=O) groups excluding carboxylic acids is 2. The second-order valence-electron chi connectivity index (χ2n) is 5.57. The maximum atomic E-state index is 12.2. The molecule has 1 aliphatic carbocycles. The molecular formula is C15H20ClN3O2. The Morgan fingerprint density at radius 1 is 1.29 bits per heavy atom. The Balaban J connectivity index is 0.00000161. The van der Waals surface area contributed by atoms with Gasteiger partial charge in [-0.15, -0.1) is 12.4 Å². The number of benzene rings is 1.